The Hall–Kier alpha value is -2.87. The van der Waals surface area contributed by atoms with Crippen molar-refractivity contribution in [1.29, 1.82) is 0 Å². The first kappa shape index (κ1) is 18.5. The lowest BCUT2D eigenvalue weighted by molar-refractivity contribution is -0.131. The molecule has 8 heteroatoms. The predicted octanol–water partition coefficient (Wildman–Crippen LogP) is 2.61. The van der Waals surface area contributed by atoms with Gasteiger partial charge < -0.3 is 20.1 Å². The Morgan fingerprint density at radius 3 is 3.00 bits per heavy atom. The minimum Gasteiger partial charge on any atom is -0.361 e. The average molecular weight is 398 g/mol. The Balaban J connectivity index is 1.40. The zero-order valence-electron chi connectivity index (χ0n) is 15.6. The number of amides is 3. The third-order valence-corrected chi connectivity index (χ3v) is 5.79. The fraction of sp³-hybridized carbons (Fsp3) is 0.350. The van der Waals surface area contributed by atoms with Crippen LogP contribution >= 0.6 is 11.3 Å². The predicted molar refractivity (Wildman–Crippen MR) is 109 cm³/mol. The van der Waals surface area contributed by atoms with Crippen molar-refractivity contribution in [2.45, 2.75) is 19.4 Å². The van der Waals surface area contributed by atoms with Crippen LogP contribution in [0.5, 0.6) is 0 Å². The van der Waals surface area contributed by atoms with Crippen LogP contribution in [0, 0.1) is 0 Å². The molecule has 146 valence electrons. The average Bonchev–Trinajstić information content (AvgIpc) is 3.45. The van der Waals surface area contributed by atoms with Crippen LogP contribution in [0.25, 0.3) is 10.9 Å². The van der Waals surface area contributed by atoms with E-state index in [2.05, 4.69) is 21.4 Å². The molecule has 1 saturated heterocycles. The summed E-state index contributed by atoms with van der Waals surface area (Å²) in [6.45, 7) is 2.89. The number of carbonyl (C=O) groups excluding carboxylic acids is 2. The topological polar surface area (TPSA) is 81.3 Å². The van der Waals surface area contributed by atoms with Gasteiger partial charge in [0.2, 0.25) is 5.91 Å². The minimum atomic E-state index is -0.0551. The summed E-state index contributed by atoms with van der Waals surface area (Å²) in [5, 5.41) is 6.78. The molecule has 2 aromatic heterocycles. The molecule has 1 aliphatic rings. The van der Waals surface area contributed by atoms with E-state index in [4.69, 9.17) is 0 Å². The highest BCUT2D eigenvalue weighted by atomic mass is 32.1. The SMILES string of the molecule is O=C(CCc1c[nH]c2ccccc12)N(CCN1CCNC1=O)Cc1nccs1. The summed E-state index contributed by atoms with van der Waals surface area (Å²) in [6.07, 6.45) is 4.85. The van der Waals surface area contributed by atoms with Gasteiger partial charge in [0, 0.05) is 61.3 Å². The molecule has 28 heavy (non-hydrogen) atoms. The Bertz CT molecular complexity index is 953. The molecule has 0 unspecified atom stereocenters. The zero-order valence-corrected chi connectivity index (χ0v) is 16.4. The number of hydrogen-bond donors (Lipinski definition) is 2. The Labute approximate surface area is 167 Å². The molecule has 1 fully saturated rings. The van der Waals surface area contributed by atoms with Gasteiger partial charge >= 0.3 is 6.03 Å². The van der Waals surface area contributed by atoms with Gasteiger partial charge in [-0.3, -0.25) is 4.79 Å². The van der Waals surface area contributed by atoms with E-state index < -0.39 is 0 Å². The Morgan fingerprint density at radius 1 is 1.32 bits per heavy atom. The monoisotopic (exact) mass is 397 g/mol. The highest BCUT2D eigenvalue weighted by Crippen LogP contribution is 2.20. The smallest absolute Gasteiger partial charge is 0.317 e. The van der Waals surface area contributed by atoms with Crippen LogP contribution in [0.2, 0.25) is 0 Å². The summed E-state index contributed by atoms with van der Waals surface area (Å²) in [4.78, 5) is 35.9. The first-order valence-electron chi connectivity index (χ1n) is 9.44. The molecule has 3 amide bonds. The van der Waals surface area contributed by atoms with E-state index in [-0.39, 0.29) is 11.9 Å². The maximum absolute atomic E-state index is 13.0. The fourth-order valence-corrected chi connectivity index (χ4v) is 4.12. The van der Waals surface area contributed by atoms with Crippen LogP contribution in [0.4, 0.5) is 4.79 Å². The fourth-order valence-electron chi connectivity index (χ4n) is 3.49. The first-order valence-corrected chi connectivity index (χ1v) is 10.3. The molecule has 7 nitrogen and oxygen atoms in total. The molecule has 0 atom stereocenters. The second-order valence-electron chi connectivity index (χ2n) is 6.82. The van der Waals surface area contributed by atoms with E-state index in [1.165, 1.54) is 0 Å². The zero-order chi connectivity index (χ0) is 19.3. The number of nitrogens with one attached hydrogen (secondary N) is 2. The van der Waals surface area contributed by atoms with Crippen molar-refractivity contribution in [1.82, 2.24) is 25.1 Å². The molecule has 2 N–H and O–H groups in total. The van der Waals surface area contributed by atoms with Gasteiger partial charge in [-0.05, 0) is 18.1 Å². The Kier molecular flexibility index (Phi) is 5.57. The maximum atomic E-state index is 13.0. The van der Waals surface area contributed by atoms with Crippen molar-refractivity contribution >= 4 is 34.2 Å². The van der Waals surface area contributed by atoms with E-state index >= 15 is 0 Å². The quantitative estimate of drug-likeness (QED) is 0.613. The number of para-hydroxylation sites is 1. The number of carbonyl (C=O) groups is 2. The number of benzene rings is 1. The highest BCUT2D eigenvalue weighted by molar-refractivity contribution is 7.09. The normalized spacial score (nSPS) is 13.9. The maximum Gasteiger partial charge on any atom is 0.317 e. The van der Waals surface area contributed by atoms with Gasteiger partial charge in [-0.15, -0.1) is 11.3 Å². The molecule has 3 aromatic rings. The molecule has 1 aliphatic heterocycles. The van der Waals surface area contributed by atoms with Crippen LogP contribution in [0.15, 0.2) is 42.0 Å². The van der Waals surface area contributed by atoms with Gasteiger partial charge in [0.05, 0.1) is 6.54 Å². The number of aryl methyl sites for hydroxylation is 1. The number of urea groups is 1. The summed E-state index contributed by atoms with van der Waals surface area (Å²) >= 11 is 1.54. The number of rotatable bonds is 8. The second-order valence-corrected chi connectivity index (χ2v) is 7.80. The lowest BCUT2D eigenvalue weighted by Gasteiger charge is -2.24. The van der Waals surface area contributed by atoms with Crippen LogP contribution in [0.1, 0.15) is 17.0 Å². The lowest BCUT2D eigenvalue weighted by atomic mass is 10.1. The first-order chi connectivity index (χ1) is 13.7. The number of hydrogen-bond acceptors (Lipinski definition) is 4. The number of aromatic amines is 1. The van der Waals surface area contributed by atoms with Crippen molar-refractivity contribution in [3.63, 3.8) is 0 Å². The van der Waals surface area contributed by atoms with Crippen molar-refractivity contribution in [2.75, 3.05) is 26.2 Å². The summed E-state index contributed by atoms with van der Waals surface area (Å²) in [7, 11) is 0. The van der Waals surface area contributed by atoms with Crippen LogP contribution in [-0.4, -0.2) is 57.9 Å². The summed E-state index contributed by atoms with van der Waals surface area (Å²) in [6, 6.07) is 8.07. The molecule has 0 saturated carbocycles. The molecule has 1 aromatic carbocycles. The molecule has 0 spiro atoms. The standard InChI is InChI=1S/C20H23N5O2S/c26-19(6-5-15-13-23-17-4-2-1-3-16(15)17)25(14-18-21-8-12-28-18)11-10-24-9-7-22-20(24)27/h1-4,8,12-13,23H,5-7,9-11,14H2,(H,22,27). The van der Waals surface area contributed by atoms with Crippen molar-refractivity contribution in [2.24, 2.45) is 0 Å². The summed E-state index contributed by atoms with van der Waals surface area (Å²) in [5.74, 6) is 0.0834. The molecule has 0 bridgehead atoms. The summed E-state index contributed by atoms with van der Waals surface area (Å²) in [5.41, 5.74) is 2.24. The van der Waals surface area contributed by atoms with Gasteiger partial charge in [0.25, 0.3) is 0 Å². The van der Waals surface area contributed by atoms with Gasteiger partial charge in [0.15, 0.2) is 0 Å². The molecule has 4 rings (SSSR count). The number of H-pyrrole nitrogens is 1. The lowest BCUT2D eigenvalue weighted by Crippen LogP contribution is -2.39. The van der Waals surface area contributed by atoms with Gasteiger partial charge in [-0.1, -0.05) is 18.2 Å². The number of aromatic nitrogens is 2. The Morgan fingerprint density at radius 2 is 2.21 bits per heavy atom. The van der Waals surface area contributed by atoms with Gasteiger partial charge in [-0.25, -0.2) is 9.78 Å². The number of fused-ring (bicyclic) bond motifs is 1. The second kappa shape index (κ2) is 8.43. The largest absolute Gasteiger partial charge is 0.361 e. The van der Waals surface area contributed by atoms with Gasteiger partial charge in [-0.2, -0.15) is 0 Å². The molecule has 0 radical (unpaired) electrons. The number of nitrogens with zero attached hydrogens (tertiary/aromatic N) is 3. The van der Waals surface area contributed by atoms with E-state index in [1.807, 2.05) is 34.7 Å². The minimum absolute atomic E-state index is 0.0551. The van der Waals surface area contributed by atoms with Gasteiger partial charge in [0.1, 0.15) is 5.01 Å². The van der Waals surface area contributed by atoms with Crippen molar-refractivity contribution in [3.05, 3.63) is 52.6 Å². The van der Waals surface area contributed by atoms with Crippen LogP contribution in [-0.2, 0) is 17.8 Å². The molecule has 0 aliphatic carbocycles. The molecule has 3 heterocycles. The van der Waals surface area contributed by atoms with Crippen molar-refractivity contribution < 1.29 is 9.59 Å². The third-order valence-electron chi connectivity index (χ3n) is 5.03. The van der Waals surface area contributed by atoms with Crippen LogP contribution < -0.4 is 5.32 Å². The third kappa shape index (κ3) is 4.17. The van der Waals surface area contributed by atoms with E-state index in [0.29, 0.717) is 45.6 Å². The van der Waals surface area contributed by atoms with E-state index in [9.17, 15) is 9.59 Å². The highest BCUT2D eigenvalue weighted by Gasteiger charge is 2.22. The molecular weight excluding hydrogens is 374 g/mol. The number of thiazole rings is 1. The van der Waals surface area contributed by atoms with Crippen molar-refractivity contribution in [3.8, 4) is 0 Å². The van der Waals surface area contributed by atoms with Crippen LogP contribution in [0.3, 0.4) is 0 Å². The molecular formula is C20H23N5O2S. The van der Waals surface area contributed by atoms with E-state index in [0.717, 1.165) is 21.5 Å². The van der Waals surface area contributed by atoms with E-state index in [1.54, 1.807) is 22.4 Å². The summed E-state index contributed by atoms with van der Waals surface area (Å²) < 4.78 is 0.